The highest BCUT2D eigenvalue weighted by atomic mass is 19.4. The third-order valence-electron chi connectivity index (χ3n) is 5.00. The number of carbonyl (C=O) groups is 2. The molecule has 0 fully saturated rings. The molecular weight excluding hydrogens is 413 g/mol. The molecule has 0 saturated carbocycles. The number of hydrazone groups is 1. The molecule has 31 heavy (non-hydrogen) atoms. The maximum absolute atomic E-state index is 13.4. The number of rotatable bonds is 8. The van der Waals surface area contributed by atoms with Crippen molar-refractivity contribution in [1.29, 1.82) is 0 Å². The van der Waals surface area contributed by atoms with E-state index in [1.54, 1.807) is 25.1 Å². The largest absolute Gasteiger partial charge is 0.480 e. The van der Waals surface area contributed by atoms with Crippen molar-refractivity contribution in [2.24, 2.45) is 16.7 Å². The SMILES string of the molecule is CCC(c1ccccc1C(=O)c1cc(NC=NN)cc(C(F)(F)F)c1)C(C)(N)C(=O)O. The summed E-state index contributed by atoms with van der Waals surface area (Å²) in [6.07, 6.45) is -3.42. The molecular formula is C21H23F3N4O3. The van der Waals surface area contributed by atoms with Gasteiger partial charge in [-0.2, -0.15) is 18.3 Å². The van der Waals surface area contributed by atoms with Gasteiger partial charge in [0.25, 0.3) is 0 Å². The zero-order valence-corrected chi connectivity index (χ0v) is 16.9. The third kappa shape index (κ3) is 5.21. The summed E-state index contributed by atoms with van der Waals surface area (Å²) in [6, 6.07) is 8.95. The molecule has 6 N–H and O–H groups in total. The number of nitrogens with zero attached hydrogens (tertiary/aromatic N) is 1. The Hall–Kier alpha value is -3.40. The van der Waals surface area contributed by atoms with Crippen LogP contribution >= 0.6 is 0 Å². The topological polar surface area (TPSA) is 131 Å². The number of nitrogens with two attached hydrogens (primary N) is 2. The Bertz CT molecular complexity index is 1000. The van der Waals surface area contributed by atoms with E-state index >= 15 is 0 Å². The molecule has 0 aliphatic heterocycles. The molecule has 2 aromatic rings. The third-order valence-corrected chi connectivity index (χ3v) is 5.00. The summed E-state index contributed by atoms with van der Waals surface area (Å²) in [5.74, 6) is 2.27. The summed E-state index contributed by atoms with van der Waals surface area (Å²) in [6.45, 7) is 3.06. The van der Waals surface area contributed by atoms with Crippen molar-refractivity contribution in [1.82, 2.24) is 0 Å². The van der Waals surface area contributed by atoms with Crippen LogP contribution in [0, 0.1) is 0 Å². The van der Waals surface area contributed by atoms with Gasteiger partial charge in [-0.15, -0.1) is 0 Å². The second-order valence-corrected chi connectivity index (χ2v) is 7.18. The number of ketones is 1. The van der Waals surface area contributed by atoms with Crippen LogP contribution in [0.1, 0.15) is 53.2 Å². The summed E-state index contributed by atoms with van der Waals surface area (Å²) in [4.78, 5) is 24.9. The van der Waals surface area contributed by atoms with Crippen molar-refractivity contribution >= 4 is 23.8 Å². The molecule has 2 atom stereocenters. The lowest BCUT2D eigenvalue weighted by Gasteiger charge is -2.31. The highest BCUT2D eigenvalue weighted by Gasteiger charge is 2.39. The maximum atomic E-state index is 13.4. The van der Waals surface area contributed by atoms with E-state index in [4.69, 9.17) is 11.6 Å². The van der Waals surface area contributed by atoms with Gasteiger partial charge in [0, 0.05) is 22.7 Å². The van der Waals surface area contributed by atoms with Crippen LogP contribution in [0.5, 0.6) is 0 Å². The lowest BCUT2D eigenvalue weighted by molar-refractivity contribution is -0.143. The van der Waals surface area contributed by atoms with E-state index in [1.165, 1.54) is 19.1 Å². The Morgan fingerprint density at radius 2 is 1.87 bits per heavy atom. The average molecular weight is 436 g/mol. The number of carboxylic acid groups (broad SMARTS) is 1. The summed E-state index contributed by atoms with van der Waals surface area (Å²) >= 11 is 0. The Kier molecular flexibility index (Phi) is 7.06. The first kappa shape index (κ1) is 23.9. The fourth-order valence-corrected chi connectivity index (χ4v) is 3.40. The Morgan fingerprint density at radius 1 is 1.23 bits per heavy atom. The molecule has 2 unspecified atom stereocenters. The van der Waals surface area contributed by atoms with Crippen LogP contribution in [0.15, 0.2) is 47.6 Å². The minimum absolute atomic E-state index is 0.0360. The van der Waals surface area contributed by atoms with Crippen molar-refractivity contribution in [3.8, 4) is 0 Å². The number of carboxylic acids is 1. The van der Waals surface area contributed by atoms with Crippen molar-refractivity contribution in [3.05, 3.63) is 64.7 Å². The molecule has 2 aromatic carbocycles. The molecule has 166 valence electrons. The van der Waals surface area contributed by atoms with Gasteiger partial charge in [0.05, 0.1) is 5.56 Å². The molecule has 10 heteroatoms. The van der Waals surface area contributed by atoms with Gasteiger partial charge in [-0.25, -0.2) is 0 Å². The van der Waals surface area contributed by atoms with Crippen LogP contribution in [0.3, 0.4) is 0 Å². The Labute approximate surface area is 176 Å². The summed E-state index contributed by atoms with van der Waals surface area (Å²) in [5.41, 5.74) is 3.44. The highest BCUT2D eigenvalue weighted by molar-refractivity contribution is 6.11. The highest BCUT2D eigenvalue weighted by Crippen LogP contribution is 2.35. The smallest absolute Gasteiger partial charge is 0.416 e. The lowest BCUT2D eigenvalue weighted by atomic mass is 9.76. The molecule has 0 radical (unpaired) electrons. The molecule has 0 heterocycles. The number of aliphatic carboxylic acids is 1. The fourth-order valence-electron chi connectivity index (χ4n) is 3.40. The predicted octanol–water partition coefficient (Wildman–Crippen LogP) is 3.55. The van der Waals surface area contributed by atoms with E-state index in [2.05, 4.69) is 10.4 Å². The quantitative estimate of drug-likeness (QED) is 0.165. The van der Waals surface area contributed by atoms with Gasteiger partial charge in [-0.1, -0.05) is 31.2 Å². The monoisotopic (exact) mass is 436 g/mol. The molecule has 0 bridgehead atoms. The number of alkyl halides is 3. The van der Waals surface area contributed by atoms with Crippen LogP contribution in [0.4, 0.5) is 18.9 Å². The van der Waals surface area contributed by atoms with Crippen molar-refractivity contribution in [3.63, 3.8) is 0 Å². The zero-order chi connectivity index (χ0) is 23.4. The standard InChI is InChI=1S/C21H23F3N4O3/c1-3-17(20(2,25)19(30)31)15-6-4-5-7-16(15)18(29)12-8-13(21(22,23)24)10-14(9-12)27-11-28-26/h4-11,17H,3,25-26H2,1-2H3,(H,27,28)(H,30,31). The summed E-state index contributed by atoms with van der Waals surface area (Å²) in [7, 11) is 0. The number of hydrogen-bond donors (Lipinski definition) is 4. The summed E-state index contributed by atoms with van der Waals surface area (Å²) in [5, 5.41) is 15.2. The van der Waals surface area contributed by atoms with Gasteiger partial charge < -0.3 is 22.0 Å². The van der Waals surface area contributed by atoms with E-state index in [0.717, 1.165) is 18.5 Å². The summed E-state index contributed by atoms with van der Waals surface area (Å²) < 4.78 is 40.1. The van der Waals surface area contributed by atoms with Crippen molar-refractivity contribution in [2.75, 3.05) is 5.32 Å². The van der Waals surface area contributed by atoms with Crippen LogP contribution in [-0.2, 0) is 11.0 Å². The number of nitrogens with one attached hydrogen (secondary N) is 1. The Balaban J connectivity index is 2.64. The minimum atomic E-state index is -4.70. The Morgan fingerprint density at radius 3 is 2.42 bits per heavy atom. The molecule has 7 nitrogen and oxygen atoms in total. The van der Waals surface area contributed by atoms with Crippen molar-refractivity contribution in [2.45, 2.75) is 37.9 Å². The van der Waals surface area contributed by atoms with Gasteiger partial charge >= 0.3 is 12.1 Å². The molecule has 0 spiro atoms. The van der Waals surface area contributed by atoms with Gasteiger partial charge in [-0.3, -0.25) is 9.59 Å². The minimum Gasteiger partial charge on any atom is -0.480 e. The molecule has 0 aliphatic carbocycles. The lowest BCUT2D eigenvalue weighted by Crippen LogP contribution is -2.50. The van der Waals surface area contributed by atoms with Crippen LogP contribution in [0.25, 0.3) is 0 Å². The maximum Gasteiger partial charge on any atom is 0.416 e. The van der Waals surface area contributed by atoms with Gasteiger partial charge in [-0.05, 0) is 37.1 Å². The molecule has 0 aromatic heterocycles. The normalized spacial score (nSPS) is 14.8. The second-order valence-electron chi connectivity index (χ2n) is 7.18. The predicted molar refractivity (Wildman–Crippen MR) is 111 cm³/mol. The van der Waals surface area contributed by atoms with Gasteiger partial charge in [0.2, 0.25) is 0 Å². The van der Waals surface area contributed by atoms with E-state index in [-0.39, 0.29) is 16.8 Å². The molecule has 0 saturated heterocycles. The van der Waals surface area contributed by atoms with E-state index in [1.807, 2.05) is 0 Å². The van der Waals surface area contributed by atoms with E-state index < -0.39 is 34.9 Å². The zero-order valence-electron chi connectivity index (χ0n) is 16.9. The van der Waals surface area contributed by atoms with Gasteiger partial charge in [0.1, 0.15) is 11.9 Å². The van der Waals surface area contributed by atoms with Crippen molar-refractivity contribution < 1.29 is 27.9 Å². The average Bonchev–Trinajstić information content (AvgIpc) is 2.71. The first-order chi connectivity index (χ1) is 14.4. The first-order valence-electron chi connectivity index (χ1n) is 9.29. The van der Waals surface area contributed by atoms with Crippen LogP contribution in [0.2, 0.25) is 0 Å². The fraction of sp³-hybridized carbons (Fsp3) is 0.286. The van der Waals surface area contributed by atoms with Gasteiger partial charge in [0.15, 0.2) is 5.78 Å². The van der Waals surface area contributed by atoms with Crippen LogP contribution < -0.4 is 16.9 Å². The first-order valence-corrected chi connectivity index (χ1v) is 9.29. The van der Waals surface area contributed by atoms with E-state index in [0.29, 0.717) is 12.0 Å². The van der Waals surface area contributed by atoms with E-state index in [9.17, 15) is 27.9 Å². The molecule has 0 aliphatic rings. The molecule has 2 rings (SSSR count). The number of benzene rings is 2. The number of anilines is 1. The second kappa shape index (κ2) is 9.17. The number of hydrogen-bond acceptors (Lipinski definition) is 5. The molecule has 0 amide bonds. The van der Waals surface area contributed by atoms with Crippen LogP contribution in [-0.4, -0.2) is 28.7 Å². The number of halogens is 3. The number of carbonyl (C=O) groups excluding carboxylic acids is 1.